The zero-order valence-electron chi connectivity index (χ0n) is 13.9. The van der Waals surface area contributed by atoms with Gasteiger partial charge in [0.15, 0.2) is 0 Å². The second-order valence-electron chi connectivity index (χ2n) is 6.65. The van der Waals surface area contributed by atoms with Gasteiger partial charge in [0.2, 0.25) is 0 Å². The zero-order valence-corrected chi connectivity index (χ0v) is 13.9. The standard InChI is InChI=1S/C20H23NO3/c1-15(22)13-21(18-5-3-2-4-6-18)14-16-7-9-17(10-8-16)20(11-12-20)19(23)24/h2-10,15,22H,11-14H2,1H3,(H,23,24). The third-order valence-corrected chi connectivity index (χ3v) is 4.65. The van der Waals surface area contributed by atoms with Crippen LogP contribution in [-0.4, -0.2) is 28.8 Å². The minimum absolute atomic E-state index is 0.425. The number of carboxylic acid groups (broad SMARTS) is 1. The van der Waals surface area contributed by atoms with E-state index < -0.39 is 17.5 Å². The van der Waals surface area contributed by atoms with Crippen LogP contribution in [0.25, 0.3) is 0 Å². The first-order chi connectivity index (χ1) is 11.5. The van der Waals surface area contributed by atoms with Crippen LogP contribution in [0.1, 0.15) is 30.9 Å². The minimum Gasteiger partial charge on any atom is -0.481 e. The first-order valence-electron chi connectivity index (χ1n) is 8.32. The Morgan fingerprint density at radius 3 is 2.25 bits per heavy atom. The normalized spacial score (nSPS) is 16.4. The maximum atomic E-state index is 11.4. The molecule has 0 saturated heterocycles. The van der Waals surface area contributed by atoms with E-state index >= 15 is 0 Å². The number of aliphatic hydroxyl groups excluding tert-OH is 1. The molecule has 2 aromatic rings. The molecule has 1 fully saturated rings. The summed E-state index contributed by atoms with van der Waals surface area (Å²) in [6, 6.07) is 17.9. The summed E-state index contributed by atoms with van der Waals surface area (Å²) in [4.78, 5) is 13.5. The van der Waals surface area contributed by atoms with Gasteiger partial charge in [0.1, 0.15) is 0 Å². The van der Waals surface area contributed by atoms with Crippen molar-refractivity contribution in [2.45, 2.75) is 37.8 Å². The SMILES string of the molecule is CC(O)CN(Cc1ccc(C2(C(=O)O)CC2)cc1)c1ccccc1. The summed E-state index contributed by atoms with van der Waals surface area (Å²) in [6.45, 7) is 3.00. The zero-order chi connectivity index (χ0) is 17.2. The molecule has 1 unspecified atom stereocenters. The number of rotatable bonds is 7. The second kappa shape index (κ2) is 6.65. The van der Waals surface area contributed by atoms with Crippen molar-refractivity contribution in [3.05, 3.63) is 65.7 Å². The van der Waals surface area contributed by atoms with Crippen LogP contribution < -0.4 is 4.90 Å². The molecule has 1 aliphatic carbocycles. The minimum atomic E-state index is -0.727. The molecule has 1 saturated carbocycles. The van der Waals surface area contributed by atoms with Crippen molar-refractivity contribution < 1.29 is 15.0 Å². The highest BCUT2D eigenvalue weighted by Crippen LogP contribution is 2.48. The predicted molar refractivity (Wildman–Crippen MR) is 94.2 cm³/mol. The van der Waals surface area contributed by atoms with Crippen molar-refractivity contribution in [3.63, 3.8) is 0 Å². The molecule has 2 N–H and O–H groups in total. The molecule has 126 valence electrons. The van der Waals surface area contributed by atoms with Crippen molar-refractivity contribution in [2.75, 3.05) is 11.4 Å². The lowest BCUT2D eigenvalue weighted by Crippen LogP contribution is -2.30. The average molecular weight is 325 g/mol. The van der Waals surface area contributed by atoms with Crippen molar-refractivity contribution in [3.8, 4) is 0 Å². The number of hydrogen-bond donors (Lipinski definition) is 2. The van der Waals surface area contributed by atoms with E-state index in [1.807, 2.05) is 54.6 Å². The third-order valence-electron chi connectivity index (χ3n) is 4.65. The first kappa shape index (κ1) is 16.5. The van der Waals surface area contributed by atoms with Gasteiger partial charge in [-0.15, -0.1) is 0 Å². The first-order valence-corrected chi connectivity index (χ1v) is 8.32. The average Bonchev–Trinajstić information content (AvgIpc) is 3.37. The Balaban J connectivity index is 1.77. The van der Waals surface area contributed by atoms with Crippen LogP contribution in [0.3, 0.4) is 0 Å². The number of para-hydroxylation sites is 1. The highest BCUT2D eigenvalue weighted by molar-refractivity contribution is 5.84. The lowest BCUT2D eigenvalue weighted by Gasteiger charge is -2.26. The number of carboxylic acids is 1. The van der Waals surface area contributed by atoms with Gasteiger partial charge in [0.05, 0.1) is 11.5 Å². The molecule has 2 aromatic carbocycles. The maximum absolute atomic E-state index is 11.4. The highest BCUT2D eigenvalue weighted by atomic mass is 16.4. The molecular weight excluding hydrogens is 302 g/mol. The number of benzene rings is 2. The van der Waals surface area contributed by atoms with Gasteiger partial charge in [-0.2, -0.15) is 0 Å². The van der Waals surface area contributed by atoms with Gasteiger partial charge >= 0.3 is 5.97 Å². The predicted octanol–water partition coefficient (Wildman–Crippen LogP) is 3.19. The lowest BCUT2D eigenvalue weighted by molar-refractivity contribution is -0.140. The molecule has 0 radical (unpaired) electrons. The number of hydrogen-bond acceptors (Lipinski definition) is 3. The van der Waals surface area contributed by atoms with Gasteiger partial charge in [-0.1, -0.05) is 42.5 Å². The monoisotopic (exact) mass is 325 g/mol. The molecule has 0 heterocycles. The number of aliphatic hydroxyl groups is 1. The summed E-state index contributed by atoms with van der Waals surface area (Å²) in [5.41, 5.74) is 2.40. The van der Waals surface area contributed by atoms with E-state index in [-0.39, 0.29) is 0 Å². The fourth-order valence-corrected chi connectivity index (χ4v) is 3.12. The Labute approximate surface area is 142 Å². The van der Waals surface area contributed by atoms with Gasteiger partial charge in [0, 0.05) is 18.8 Å². The molecule has 0 spiro atoms. The molecule has 0 bridgehead atoms. The van der Waals surface area contributed by atoms with Crippen LogP contribution in [0.15, 0.2) is 54.6 Å². The Morgan fingerprint density at radius 1 is 1.12 bits per heavy atom. The highest BCUT2D eigenvalue weighted by Gasteiger charge is 2.51. The van der Waals surface area contributed by atoms with E-state index in [9.17, 15) is 15.0 Å². The number of nitrogens with zero attached hydrogens (tertiary/aromatic N) is 1. The van der Waals surface area contributed by atoms with Crippen molar-refractivity contribution >= 4 is 11.7 Å². The van der Waals surface area contributed by atoms with E-state index in [1.54, 1.807) is 6.92 Å². The van der Waals surface area contributed by atoms with Gasteiger partial charge in [-0.25, -0.2) is 0 Å². The van der Waals surface area contributed by atoms with Gasteiger partial charge in [-0.05, 0) is 43.0 Å². The Bertz CT molecular complexity index is 691. The molecule has 4 heteroatoms. The molecule has 0 amide bonds. The Morgan fingerprint density at radius 2 is 1.75 bits per heavy atom. The van der Waals surface area contributed by atoms with Crippen LogP contribution in [-0.2, 0) is 16.8 Å². The molecule has 3 rings (SSSR count). The quantitative estimate of drug-likeness (QED) is 0.821. The smallest absolute Gasteiger partial charge is 0.314 e. The van der Waals surface area contributed by atoms with Gasteiger partial charge in [0.25, 0.3) is 0 Å². The fraction of sp³-hybridized carbons (Fsp3) is 0.350. The summed E-state index contributed by atoms with van der Waals surface area (Å²) < 4.78 is 0. The molecular formula is C20H23NO3. The Kier molecular flexibility index (Phi) is 4.58. The van der Waals surface area contributed by atoms with Crippen molar-refractivity contribution in [1.29, 1.82) is 0 Å². The summed E-state index contributed by atoms with van der Waals surface area (Å²) >= 11 is 0. The summed E-state index contributed by atoms with van der Waals surface area (Å²) in [5, 5.41) is 19.2. The van der Waals surface area contributed by atoms with E-state index in [1.165, 1.54) is 0 Å². The molecule has 0 aromatic heterocycles. The second-order valence-corrected chi connectivity index (χ2v) is 6.65. The third kappa shape index (κ3) is 3.44. The number of aliphatic carboxylic acids is 1. The number of carbonyl (C=O) groups is 1. The van der Waals surface area contributed by atoms with Crippen LogP contribution >= 0.6 is 0 Å². The number of anilines is 1. The van der Waals surface area contributed by atoms with Gasteiger partial charge < -0.3 is 15.1 Å². The maximum Gasteiger partial charge on any atom is 0.314 e. The van der Waals surface area contributed by atoms with Crippen molar-refractivity contribution in [1.82, 2.24) is 0 Å². The Hall–Kier alpha value is -2.33. The topological polar surface area (TPSA) is 60.8 Å². The molecule has 1 atom stereocenters. The van der Waals surface area contributed by atoms with Crippen LogP contribution in [0.5, 0.6) is 0 Å². The lowest BCUT2D eigenvalue weighted by atomic mass is 9.95. The fourth-order valence-electron chi connectivity index (χ4n) is 3.12. The van der Waals surface area contributed by atoms with Crippen LogP contribution in [0.2, 0.25) is 0 Å². The largest absolute Gasteiger partial charge is 0.481 e. The van der Waals surface area contributed by atoms with E-state index in [4.69, 9.17) is 0 Å². The summed E-state index contributed by atoms with van der Waals surface area (Å²) in [6.07, 6.45) is 1.02. The molecule has 0 aliphatic heterocycles. The van der Waals surface area contributed by atoms with E-state index in [0.29, 0.717) is 13.1 Å². The van der Waals surface area contributed by atoms with Crippen LogP contribution in [0.4, 0.5) is 5.69 Å². The van der Waals surface area contributed by atoms with E-state index in [2.05, 4.69) is 4.90 Å². The summed E-state index contributed by atoms with van der Waals surface area (Å²) in [7, 11) is 0. The van der Waals surface area contributed by atoms with Gasteiger partial charge in [-0.3, -0.25) is 4.79 Å². The van der Waals surface area contributed by atoms with Crippen molar-refractivity contribution in [2.24, 2.45) is 0 Å². The molecule has 1 aliphatic rings. The summed E-state index contributed by atoms with van der Waals surface area (Å²) in [5.74, 6) is -0.727. The molecule has 24 heavy (non-hydrogen) atoms. The molecule has 4 nitrogen and oxygen atoms in total. The van der Waals surface area contributed by atoms with Crippen LogP contribution in [0, 0.1) is 0 Å². The van der Waals surface area contributed by atoms with E-state index in [0.717, 1.165) is 29.7 Å².